The first-order chi connectivity index (χ1) is 13.4. The quantitative estimate of drug-likeness (QED) is 0.839. The number of benzene rings is 1. The number of hydrogen-bond acceptors (Lipinski definition) is 3. The molecule has 3 rings (SSSR count). The summed E-state index contributed by atoms with van der Waals surface area (Å²) in [4.78, 5) is 40.0. The largest absolute Gasteiger partial charge is 0.481 e. The molecule has 0 spiro atoms. The summed E-state index contributed by atoms with van der Waals surface area (Å²) in [6.45, 7) is 2.28. The molecule has 152 valence electrons. The Hall–Kier alpha value is -2.44. The molecule has 1 aromatic carbocycles. The molecule has 0 bridgehead atoms. The molecular weight excluding hydrogens is 363 g/mol. The van der Waals surface area contributed by atoms with Gasteiger partial charge in [-0.05, 0) is 62.3 Å². The van der Waals surface area contributed by atoms with Crippen molar-refractivity contribution in [3.05, 3.63) is 35.6 Å². The van der Waals surface area contributed by atoms with E-state index < -0.39 is 5.97 Å². The van der Waals surface area contributed by atoms with Crippen LogP contribution in [0.25, 0.3) is 0 Å². The van der Waals surface area contributed by atoms with E-state index >= 15 is 0 Å². The third kappa shape index (κ3) is 5.09. The number of hydrogen-bond donors (Lipinski definition) is 1. The van der Waals surface area contributed by atoms with Gasteiger partial charge >= 0.3 is 5.97 Å². The first-order valence-corrected chi connectivity index (χ1v) is 9.99. The predicted octanol–water partition coefficient (Wildman–Crippen LogP) is 2.78. The van der Waals surface area contributed by atoms with Gasteiger partial charge in [-0.3, -0.25) is 14.4 Å². The minimum atomic E-state index is -0.800. The van der Waals surface area contributed by atoms with Crippen LogP contribution in [-0.2, 0) is 9.59 Å². The SMILES string of the molecule is O=C(O)CC[C@H]1CCCN(C(=O)[C@@H]2CCCN(C(=O)c3ccc(F)cc3)C2)C1. The number of carbonyl (C=O) groups excluding carboxylic acids is 2. The molecule has 0 unspecified atom stereocenters. The lowest BCUT2D eigenvalue weighted by atomic mass is 9.90. The van der Waals surface area contributed by atoms with E-state index in [4.69, 9.17) is 5.11 Å². The van der Waals surface area contributed by atoms with Crippen LogP contribution < -0.4 is 0 Å². The molecule has 0 radical (unpaired) electrons. The normalized spacial score (nSPS) is 22.8. The molecule has 0 aliphatic carbocycles. The molecule has 0 saturated carbocycles. The summed E-state index contributed by atoms with van der Waals surface area (Å²) < 4.78 is 13.1. The summed E-state index contributed by atoms with van der Waals surface area (Å²) in [6, 6.07) is 5.48. The van der Waals surface area contributed by atoms with Gasteiger partial charge in [0, 0.05) is 38.2 Å². The van der Waals surface area contributed by atoms with E-state index in [1.165, 1.54) is 24.3 Å². The highest BCUT2D eigenvalue weighted by Gasteiger charge is 2.33. The lowest BCUT2D eigenvalue weighted by molar-refractivity contribution is -0.139. The van der Waals surface area contributed by atoms with Gasteiger partial charge in [-0.25, -0.2) is 4.39 Å². The Morgan fingerprint density at radius 1 is 1.00 bits per heavy atom. The van der Waals surface area contributed by atoms with Gasteiger partial charge in [0.2, 0.25) is 5.91 Å². The van der Waals surface area contributed by atoms with Crippen molar-refractivity contribution in [2.45, 2.75) is 38.5 Å². The zero-order valence-electron chi connectivity index (χ0n) is 16.0. The molecule has 2 saturated heterocycles. The lowest BCUT2D eigenvalue weighted by Gasteiger charge is -2.38. The molecular formula is C21H27FN2O4. The van der Waals surface area contributed by atoms with Crippen LogP contribution in [0.4, 0.5) is 4.39 Å². The van der Waals surface area contributed by atoms with Gasteiger partial charge in [0.15, 0.2) is 0 Å². The molecule has 2 aliphatic rings. The summed E-state index contributed by atoms with van der Waals surface area (Å²) in [5, 5.41) is 8.87. The minimum absolute atomic E-state index is 0.0663. The Kier molecular flexibility index (Phi) is 6.65. The van der Waals surface area contributed by atoms with Crippen LogP contribution in [-0.4, -0.2) is 58.9 Å². The average Bonchev–Trinajstić information content (AvgIpc) is 2.72. The van der Waals surface area contributed by atoms with Crippen LogP contribution in [0, 0.1) is 17.7 Å². The van der Waals surface area contributed by atoms with E-state index in [0.717, 1.165) is 25.7 Å². The van der Waals surface area contributed by atoms with Crippen LogP contribution in [0.2, 0.25) is 0 Å². The maximum atomic E-state index is 13.1. The molecule has 2 amide bonds. The molecule has 0 aromatic heterocycles. The first-order valence-electron chi connectivity index (χ1n) is 9.99. The molecule has 28 heavy (non-hydrogen) atoms. The topological polar surface area (TPSA) is 77.9 Å². The van der Waals surface area contributed by atoms with Crippen molar-refractivity contribution >= 4 is 17.8 Å². The number of piperidine rings is 2. The molecule has 2 aliphatic heterocycles. The monoisotopic (exact) mass is 390 g/mol. The first kappa shape index (κ1) is 20.3. The molecule has 2 heterocycles. The Morgan fingerprint density at radius 2 is 1.68 bits per heavy atom. The van der Waals surface area contributed by atoms with E-state index in [9.17, 15) is 18.8 Å². The van der Waals surface area contributed by atoms with Crippen LogP contribution >= 0.6 is 0 Å². The maximum Gasteiger partial charge on any atom is 0.303 e. The van der Waals surface area contributed by atoms with Gasteiger partial charge < -0.3 is 14.9 Å². The standard InChI is InChI=1S/C21H27FN2O4/c22-18-8-6-16(7-9-18)20(27)24-12-2-4-17(14-24)21(28)23-11-1-3-15(13-23)5-10-19(25)26/h6-9,15,17H,1-5,10-14H2,(H,25,26)/t15-,17-/m1/s1. The smallest absolute Gasteiger partial charge is 0.303 e. The van der Waals surface area contributed by atoms with Crippen molar-refractivity contribution < 1.29 is 23.9 Å². The molecule has 6 nitrogen and oxygen atoms in total. The highest BCUT2D eigenvalue weighted by atomic mass is 19.1. The van der Waals surface area contributed by atoms with Crippen molar-refractivity contribution in [2.24, 2.45) is 11.8 Å². The second-order valence-electron chi connectivity index (χ2n) is 7.82. The highest BCUT2D eigenvalue weighted by molar-refractivity contribution is 5.94. The van der Waals surface area contributed by atoms with Crippen molar-refractivity contribution in [2.75, 3.05) is 26.2 Å². The third-order valence-electron chi connectivity index (χ3n) is 5.75. The van der Waals surface area contributed by atoms with Gasteiger partial charge in [-0.2, -0.15) is 0 Å². The molecule has 2 fully saturated rings. The van der Waals surface area contributed by atoms with E-state index in [1.807, 2.05) is 4.90 Å². The van der Waals surface area contributed by atoms with Crippen LogP contribution in [0.3, 0.4) is 0 Å². The van der Waals surface area contributed by atoms with E-state index in [2.05, 4.69) is 0 Å². The molecule has 1 aromatic rings. The number of amides is 2. The predicted molar refractivity (Wildman–Crippen MR) is 101 cm³/mol. The number of carbonyl (C=O) groups is 3. The van der Waals surface area contributed by atoms with E-state index in [1.54, 1.807) is 4.90 Å². The van der Waals surface area contributed by atoms with Crippen molar-refractivity contribution in [1.82, 2.24) is 9.80 Å². The second kappa shape index (κ2) is 9.17. The summed E-state index contributed by atoms with van der Waals surface area (Å²) in [5.74, 6) is -1.28. The Morgan fingerprint density at radius 3 is 2.39 bits per heavy atom. The fourth-order valence-corrected chi connectivity index (χ4v) is 4.22. The molecule has 1 N–H and O–H groups in total. The van der Waals surface area contributed by atoms with Crippen LogP contribution in [0.1, 0.15) is 48.9 Å². The number of aliphatic carboxylic acids is 1. The van der Waals surface area contributed by atoms with Gasteiger partial charge in [0.1, 0.15) is 5.82 Å². The van der Waals surface area contributed by atoms with Gasteiger partial charge in [-0.1, -0.05) is 0 Å². The Labute approximate surface area is 164 Å². The van der Waals surface area contributed by atoms with Crippen molar-refractivity contribution in [3.8, 4) is 0 Å². The lowest BCUT2D eigenvalue weighted by Crippen LogP contribution is -2.49. The van der Waals surface area contributed by atoms with E-state index in [-0.39, 0.29) is 35.9 Å². The average molecular weight is 390 g/mol. The minimum Gasteiger partial charge on any atom is -0.481 e. The fourth-order valence-electron chi connectivity index (χ4n) is 4.22. The zero-order valence-corrected chi connectivity index (χ0v) is 16.0. The van der Waals surface area contributed by atoms with Gasteiger partial charge in [0.05, 0.1) is 5.92 Å². The number of likely N-dealkylation sites (tertiary alicyclic amines) is 2. The van der Waals surface area contributed by atoms with E-state index in [0.29, 0.717) is 38.2 Å². The maximum absolute atomic E-state index is 13.1. The number of carboxylic acids is 1. The Bertz CT molecular complexity index is 722. The van der Waals surface area contributed by atoms with Crippen LogP contribution in [0.5, 0.6) is 0 Å². The third-order valence-corrected chi connectivity index (χ3v) is 5.75. The molecule has 7 heteroatoms. The number of rotatable bonds is 5. The highest BCUT2D eigenvalue weighted by Crippen LogP contribution is 2.26. The zero-order chi connectivity index (χ0) is 20.1. The fraction of sp³-hybridized carbons (Fsp3) is 0.571. The van der Waals surface area contributed by atoms with Gasteiger partial charge in [0.25, 0.3) is 5.91 Å². The number of halogens is 1. The molecule has 2 atom stereocenters. The summed E-state index contributed by atoms with van der Waals surface area (Å²) in [5.41, 5.74) is 0.432. The number of nitrogens with zero attached hydrogens (tertiary/aromatic N) is 2. The summed E-state index contributed by atoms with van der Waals surface area (Å²) in [6.07, 6.45) is 4.09. The van der Waals surface area contributed by atoms with Gasteiger partial charge in [-0.15, -0.1) is 0 Å². The summed E-state index contributed by atoms with van der Waals surface area (Å²) >= 11 is 0. The van der Waals surface area contributed by atoms with Crippen LogP contribution in [0.15, 0.2) is 24.3 Å². The second-order valence-corrected chi connectivity index (χ2v) is 7.82. The Balaban J connectivity index is 1.58. The van der Waals surface area contributed by atoms with Crippen molar-refractivity contribution in [3.63, 3.8) is 0 Å². The summed E-state index contributed by atoms with van der Waals surface area (Å²) in [7, 11) is 0. The van der Waals surface area contributed by atoms with Crippen molar-refractivity contribution in [1.29, 1.82) is 0 Å². The number of carboxylic acid groups (broad SMARTS) is 1.